The molecular weight excluding hydrogens is 410 g/mol. The van der Waals surface area contributed by atoms with Crippen LogP contribution in [0.15, 0.2) is 48.4 Å². The first-order chi connectivity index (χ1) is 14.7. The van der Waals surface area contributed by atoms with E-state index in [0.717, 1.165) is 42.7 Å². The fraction of sp³-hybridized carbons (Fsp3) is 0.261. The Balaban J connectivity index is 1.51. The number of anilines is 2. The lowest BCUT2D eigenvalue weighted by Gasteiger charge is -2.23. The minimum Gasteiger partial charge on any atom is -0.355 e. The van der Waals surface area contributed by atoms with Crippen LogP contribution in [0, 0.1) is 6.92 Å². The van der Waals surface area contributed by atoms with Crippen molar-refractivity contribution in [3.05, 3.63) is 65.1 Å². The molecule has 0 radical (unpaired) electrons. The number of aromatic nitrogens is 3. The summed E-state index contributed by atoms with van der Waals surface area (Å²) in [6.45, 7) is 4.03. The summed E-state index contributed by atoms with van der Waals surface area (Å²) < 4.78 is 3.35. The van der Waals surface area contributed by atoms with Crippen molar-refractivity contribution in [3.63, 3.8) is 0 Å². The molecule has 1 aliphatic rings. The normalized spacial score (nSPS) is 13.9. The van der Waals surface area contributed by atoms with Crippen molar-refractivity contribution in [1.29, 1.82) is 0 Å². The maximum Gasteiger partial charge on any atom is 0.139 e. The van der Waals surface area contributed by atoms with Crippen LogP contribution in [0.1, 0.15) is 16.7 Å². The summed E-state index contributed by atoms with van der Waals surface area (Å²) in [7, 11) is 0. The Hall–Kier alpha value is -2.64. The molecule has 0 bridgehead atoms. The number of rotatable bonds is 4. The maximum atomic E-state index is 4.73. The van der Waals surface area contributed by atoms with E-state index in [1.165, 1.54) is 32.8 Å². The molecule has 5 nitrogen and oxygen atoms in total. The van der Waals surface area contributed by atoms with E-state index in [1.54, 1.807) is 29.6 Å². The number of hydrogen-bond donors (Lipinski definition) is 1. The minimum absolute atomic E-state index is 0.950. The molecule has 0 fully saturated rings. The lowest BCUT2D eigenvalue weighted by molar-refractivity contribution is 0.793. The van der Waals surface area contributed by atoms with Crippen molar-refractivity contribution in [2.45, 2.75) is 19.8 Å². The maximum absolute atomic E-state index is 4.73. The second-order valence-electron chi connectivity index (χ2n) is 7.53. The van der Waals surface area contributed by atoms with Gasteiger partial charge in [-0.3, -0.25) is 4.98 Å². The van der Waals surface area contributed by atoms with E-state index < -0.39 is 0 Å². The fourth-order valence-corrected chi connectivity index (χ4v) is 5.18. The first kappa shape index (κ1) is 19.3. The summed E-state index contributed by atoms with van der Waals surface area (Å²) in [5, 5.41) is 1.12. The number of benzene rings is 2. The molecule has 0 aliphatic carbocycles. The summed E-state index contributed by atoms with van der Waals surface area (Å²) in [6.07, 6.45) is 7.72. The first-order valence-electron chi connectivity index (χ1n) is 10.0. The zero-order valence-electron chi connectivity index (χ0n) is 17.1. The van der Waals surface area contributed by atoms with Crippen molar-refractivity contribution in [2.75, 3.05) is 29.0 Å². The zero-order chi connectivity index (χ0) is 20.5. The second kappa shape index (κ2) is 8.24. The van der Waals surface area contributed by atoms with Gasteiger partial charge in [-0.2, -0.15) is 0 Å². The topological polar surface area (TPSA) is 53.9 Å². The molecule has 0 unspecified atom stereocenters. The van der Waals surface area contributed by atoms with Gasteiger partial charge in [0.1, 0.15) is 12.1 Å². The van der Waals surface area contributed by atoms with Crippen LogP contribution >= 0.6 is 23.3 Å². The van der Waals surface area contributed by atoms with E-state index in [0.29, 0.717) is 0 Å². The van der Waals surface area contributed by atoms with Crippen molar-refractivity contribution in [1.82, 2.24) is 15.0 Å². The Morgan fingerprint density at radius 3 is 2.73 bits per heavy atom. The number of aryl methyl sites for hydroxylation is 1. The third kappa shape index (κ3) is 3.63. The largest absolute Gasteiger partial charge is 0.355 e. The Morgan fingerprint density at radius 1 is 1.07 bits per heavy atom. The van der Waals surface area contributed by atoms with Gasteiger partial charge in [0.25, 0.3) is 0 Å². The molecule has 0 spiro atoms. The summed E-state index contributed by atoms with van der Waals surface area (Å²) >= 11 is 3.29. The number of nitrogens with zero attached hydrogens (tertiary/aromatic N) is 4. The summed E-state index contributed by atoms with van der Waals surface area (Å²) in [5.74, 6) is 1.03. The quantitative estimate of drug-likeness (QED) is 0.438. The predicted molar refractivity (Wildman–Crippen MR) is 129 cm³/mol. The van der Waals surface area contributed by atoms with Crippen molar-refractivity contribution >= 4 is 45.7 Å². The molecule has 2 aromatic heterocycles. The summed E-state index contributed by atoms with van der Waals surface area (Å²) in [5.41, 5.74) is 9.30. The van der Waals surface area contributed by atoms with E-state index in [9.17, 15) is 0 Å². The minimum atomic E-state index is 0.950. The van der Waals surface area contributed by atoms with Crippen LogP contribution in [0.2, 0.25) is 0 Å². The summed E-state index contributed by atoms with van der Waals surface area (Å²) in [4.78, 5) is 17.2. The molecule has 152 valence electrons. The lowest BCUT2D eigenvalue weighted by Crippen LogP contribution is -2.27. The fourth-order valence-electron chi connectivity index (χ4n) is 4.20. The van der Waals surface area contributed by atoms with Crippen molar-refractivity contribution in [2.24, 2.45) is 0 Å². The lowest BCUT2D eigenvalue weighted by atomic mass is 10.0. The molecule has 4 aromatic rings. The molecule has 0 amide bonds. The van der Waals surface area contributed by atoms with Crippen molar-refractivity contribution in [3.8, 4) is 10.4 Å². The highest BCUT2D eigenvalue weighted by atomic mass is 32.2. The van der Waals surface area contributed by atoms with Gasteiger partial charge < -0.3 is 9.62 Å². The van der Waals surface area contributed by atoms with Gasteiger partial charge in [0.2, 0.25) is 0 Å². The van der Waals surface area contributed by atoms with Gasteiger partial charge in [0, 0.05) is 36.6 Å². The second-order valence-corrected chi connectivity index (χ2v) is 9.03. The van der Waals surface area contributed by atoms with Gasteiger partial charge in [0.05, 0.1) is 15.9 Å². The van der Waals surface area contributed by atoms with Crippen LogP contribution in [-0.4, -0.2) is 34.3 Å². The van der Waals surface area contributed by atoms with E-state index >= 15 is 0 Å². The van der Waals surface area contributed by atoms with E-state index in [1.807, 2.05) is 11.7 Å². The Kier molecular flexibility index (Phi) is 5.31. The SMILES string of the molecule is CSNc1ccc2c(c1)CCN(c1ncnc3c(C)cc(-c4cncs4)cc13)CC2. The molecular formula is C23H23N5S2. The first-order valence-corrected chi connectivity index (χ1v) is 12.1. The molecule has 2 aromatic carbocycles. The molecule has 0 atom stereocenters. The van der Waals surface area contributed by atoms with Crippen LogP contribution in [0.4, 0.5) is 11.5 Å². The standard InChI is InChI=1S/C23H23N5S2/c1-15-9-18(21-12-24-14-30-21)11-20-22(15)25-13-26-23(20)28-7-5-16-3-4-19(27-29-2)10-17(16)6-8-28/h3-4,9-14,27H,5-8H2,1-2H3. The monoisotopic (exact) mass is 433 g/mol. The van der Waals surface area contributed by atoms with Gasteiger partial charge >= 0.3 is 0 Å². The van der Waals surface area contributed by atoms with E-state index in [4.69, 9.17) is 4.98 Å². The molecule has 3 heterocycles. The van der Waals surface area contributed by atoms with Gasteiger partial charge in [-0.1, -0.05) is 18.0 Å². The van der Waals surface area contributed by atoms with Crippen LogP contribution < -0.4 is 9.62 Å². The van der Waals surface area contributed by atoms with Crippen LogP contribution in [0.25, 0.3) is 21.3 Å². The molecule has 30 heavy (non-hydrogen) atoms. The van der Waals surface area contributed by atoms with E-state index in [2.05, 4.69) is 63.1 Å². The average Bonchev–Trinajstić information content (AvgIpc) is 3.22. The highest BCUT2D eigenvalue weighted by Crippen LogP contribution is 2.33. The molecule has 0 saturated heterocycles. The molecule has 1 aliphatic heterocycles. The summed E-state index contributed by atoms with van der Waals surface area (Å²) in [6, 6.07) is 11.2. The third-order valence-corrected chi connectivity index (χ3v) is 6.91. The number of nitrogens with one attached hydrogen (secondary N) is 1. The number of fused-ring (bicyclic) bond motifs is 2. The smallest absolute Gasteiger partial charge is 0.139 e. The molecule has 5 rings (SSSR count). The number of hydrogen-bond acceptors (Lipinski definition) is 7. The average molecular weight is 434 g/mol. The van der Waals surface area contributed by atoms with Crippen molar-refractivity contribution < 1.29 is 0 Å². The zero-order valence-corrected chi connectivity index (χ0v) is 18.7. The number of thiazole rings is 1. The third-order valence-electron chi connectivity index (χ3n) is 5.65. The highest BCUT2D eigenvalue weighted by molar-refractivity contribution is 7.99. The molecule has 1 N–H and O–H groups in total. The molecule has 0 saturated carbocycles. The Labute approximate surface area is 184 Å². The van der Waals surface area contributed by atoms with Crippen LogP contribution in [0.3, 0.4) is 0 Å². The van der Waals surface area contributed by atoms with Crippen LogP contribution in [0.5, 0.6) is 0 Å². The predicted octanol–water partition coefficient (Wildman–Crippen LogP) is 5.36. The highest BCUT2D eigenvalue weighted by Gasteiger charge is 2.19. The Morgan fingerprint density at radius 2 is 1.93 bits per heavy atom. The van der Waals surface area contributed by atoms with Gasteiger partial charge in [0.15, 0.2) is 0 Å². The van der Waals surface area contributed by atoms with Gasteiger partial charge in [-0.25, -0.2) is 9.97 Å². The van der Waals surface area contributed by atoms with Gasteiger partial charge in [-0.15, -0.1) is 11.3 Å². The Bertz CT molecular complexity index is 1190. The van der Waals surface area contributed by atoms with Crippen LogP contribution in [-0.2, 0) is 12.8 Å². The van der Waals surface area contributed by atoms with E-state index in [-0.39, 0.29) is 0 Å². The van der Waals surface area contributed by atoms with Gasteiger partial charge in [-0.05, 0) is 66.3 Å². The molecule has 7 heteroatoms.